The van der Waals surface area contributed by atoms with Crippen LogP contribution in [0.2, 0.25) is 0 Å². The lowest BCUT2D eigenvalue weighted by atomic mass is 9.40. The number of hydrogen-bond acceptors (Lipinski definition) is 8. The lowest BCUT2D eigenvalue weighted by Gasteiger charge is -2.67. The second-order valence-corrected chi connectivity index (χ2v) is 13.2. The van der Waals surface area contributed by atoms with Crippen LogP contribution in [0.15, 0.2) is 11.6 Å². The van der Waals surface area contributed by atoms with Gasteiger partial charge in [0.1, 0.15) is 28.5 Å². The molecular weight excluding hydrogens is 464 g/mol. The lowest BCUT2D eigenvalue weighted by Crippen LogP contribution is -2.80. The van der Waals surface area contributed by atoms with Gasteiger partial charge >= 0.3 is 5.97 Å². The van der Waals surface area contributed by atoms with E-state index in [2.05, 4.69) is 0 Å². The summed E-state index contributed by atoms with van der Waals surface area (Å²) in [5, 5.41) is 47.2. The van der Waals surface area contributed by atoms with Gasteiger partial charge in [-0.25, -0.2) is 4.79 Å². The molecule has 4 saturated carbocycles. The molecule has 0 aromatic carbocycles. The average molecular weight is 507 g/mol. The van der Waals surface area contributed by atoms with Crippen LogP contribution in [0.4, 0.5) is 0 Å². The van der Waals surface area contributed by atoms with E-state index in [1.54, 1.807) is 6.92 Å². The van der Waals surface area contributed by atoms with Crippen molar-refractivity contribution < 1.29 is 39.5 Å². The number of carbonyl (C=O) groups is 2. The van der Waals surface area contributed by atoms with Gasteiger partial charge in [0.15, 0.2) is 5.78 Å². The minimum atomic E-state index is -1.97. The van der Waals surface area contributed by atoms with Gasteiger partial charge in [0.2, 0.25) is 0 Å². The minimum Gasteiger partial charge on any atom is -0.458 e. The predicted octanol–water partition coefficient (Wildman–Crippen LogP) is 2.20. The van der Waals surface area contributed by atoms with Gasteiger partial charge in [-0.2, -0.15) is 0 Å². The molecule has 1 spiro atoms. The first-order valence-electron chi connectivity index (χ1n) is 13.5. The Bertz CT molecular complexity index is 1020. The summed E-state index contributed by atoms with van der Waals surface area (Å²) >= 11 is 0. The molecule has 5 rings (SSSR count). The Morgan fingerprint density at radius 3 is 2.33 bits per heavy atom. The van der Waals surface area contributed by atoms with Gasteiger partial charge in [0, 0.05) is 30.3 Å². The molecule has 5 aliphatic rings. The molecule has 4 N–H and O–H groups in total. The van der Waals surface area contributed by atoms with Crippen LogP contribution in [0, 0.1) is 22.7 Å². The van der Waals surface area contributed by atoms with Crippen molar-refractivity contribution in [3.05, 3.63) is 11.6 Å². The van der Waals surface area contributed by atoms with Crippen molar-refractivity contribution in [3.8, 4) is 0 Å². The van der Waals surface area contributed by atoms with E-state index < -0.39 is 63.1 Å². The van der Waals surface area contributed by atoms with Crippen LogP contribution in [0.25, 0.3) is 0 Å². The monoisotopic (exact) mass is 506 g/mol. The van der Waals surface area contributed by atoms with Crippen molar-refractivity contribution in [1.29, 1.82) is 0 Å². The van der Waals surface area contributed by atoms with Gasteiger partial charge in [-0.3, -0.25) is 4.79 Å². The number of ketones is 1. The molecule has 36 heavy (non-hydrogen) atoms. The van der Waals surface area contributed by atoms with E-state index in [-0.39, 0.29) is 37.7 Å². The Labute approximate surface area is 213 Å². The molecule has 0 unspecified atom stereocenters. The molecule has 0 aromatic rings. The smallest absolute Gasteiger partial charge is 0.330 e. The molecule has 5 fully saturated rings. The highest BCUT2D eigenvalue weighted by molar-refractivity contribution is 5.87. The first kappa shape index (κ1) is 26.3. The van der Waals surface area contributed by atoms with Crippen molar-refractivity contribution >= 4 is 11.8 Å². The molecule has 8 nitrogen and oxygen atoms in total. The molecule has 1 aliphatic heterocycles. The fraction of sp³-hybridized carbons (Fsp3) is 0.857. The second kappa shape index (κ2) is 7.63. The molecule has 8 heteroatoms. The Morgan fingerprint density at radius 2 is 1.72 bits per heavy atom. The number of esters is 1. The van der Waals surface area contributed by atoms with Crippen LogP contribution in [-0.2, 0) is 19.1 Å². The zero-order valence-corrected chi connectivity index (χ0v) is 22.3. The lowest BCUT2D eigenvalue weighted by molar-refractivity contribution is -0.326. The summed E-state index contributed by atoms with van der Waals surface area (Å²) in [4.78, 5) is 26.0. The van der Waals surface area contributed by atoms with E-state index in [1.165, 1.54) is 13.0 Å². The zero-order valence-electron chi connectivity index (χ0n) is 22.3. The zero-order chi connectivity index (χ0) is 26.7. The fourth-order valence-corrected chi connectivity index (χ4v) is 8.91. The quantitative estimate of drug-likeness (QED) is 0.259. The van der Waals surface area contributed by atoms with Crippen LogP contribution >= 0.6 is 0 Å². The number of Topliss-reactive ketones (excluding diaryl/α,β-unsaturated/α-hetero) is 1. The van der Waals surface area contributed by atoms with E-state index in [0.29, 0.717) is 19.3 Å². The minimum absolute atomic E-state index is 0.0000827. The van der Waals surface area contributed by atoms with Crippen molar-refractivity contribution in [3.63, 3.8) is 0 Å². The van der Waals surface area contributed by atoms with Gasteiger partial charge in [0.25, 0.3) is 0 Å². The van der Waals surface area contributed by atoms with E-state index in [0.717, 1.165) is 5.57 Å². The number of aliphatic hydroxyl groups excluding tert-OH is 1. The summed E-state index contributed by atoms with van der Waals surface area (Å²) in [5.74, 6) is -1.49. The number of allylic oxidation sites excluding steroid dienone is 1. The number of carbonyl (C=O) groups excluding carboxylic acids is 2. The third kappa shape index (κ3) is 2.88. The second-order valence-electron chi connectivity index (χ2n) is 13.2. The number of fused-ring (bicyclic) bond motifs is 4. The van der Waals surface area contributed by atoms with E-state index in [4.69, 9.17) is 9.47 Å². The topological polar surface area (TPSA) is 137 Å². The van der Waals surface area contributed by atoms with Gasteiger partial charge in [-0.1, -0.05) is 26.3 Å². The Morgan fingerprint density at radius 1 is 1.06 bits per heavy atom. The standard InChI is InChI=1S/C28H42O8/c1-15(2)16(3)11-22(31)35-20-12-19-23(5)8-7-18(30)13-27(23)21(36-27)14-26(19,33)28(34)10-9-25(32,17(4)29)24(20,28)6/h11,15,18-21,30,32-34H,7-10,12-14H2,1-6H3/t18-,19+,20+,21-,23+,24+,25+,26-,27-,28+/m0/s1. The molecule has 1 saturated heterocycles. The third-order valence-electron chi connectivity index (χ3n) is 11.6. The fourth-order valence-electron chi connectivity index (χ4n) is 8.91. The largest absolute Gasteiger partial charge is 0.458 e. The summed E-state index contributed by atoms with van der Waals surface area (Å²) in [6.07, 6.45) is 1.50. The van der Waals surface area contributed by atoms with Gasteiger partial charge in [-0.15, -0.1) is 0 Å². The van der Waals surface area contributed by atoms with Crippen LogP contribution < -0.4 is 0 Å². The predicted molar refractivity (Wildman–Crippen MR) is 130 cm³/mol. The van der Waals surface area contributed by atoms with Crippen molar-refractivity contribution in [2.24, 2.45) is 22.7 Å². The van der Waals surface area contributed by atoms with Crippen molar-refractivity contribution in [1.82, 2.24) is 0 Å². The van der Waals surface area contributed by atoms with Gasteiger partial charge < -0.3 is 29.9 Å². The van der Waals surface area contributed by atoms with E-state index >= 15 is 0 Å². The first-order valence-corrected chi connectivity index (χ1v) is 13.5. The molecule has 1 heterocycles. The highest BCUT2D eigenvalue weighted by atomic mass is 16.6. The maximum atomic E-state index is 13.1. The highest BCUT2D eigenvalue weighted by Gasteiger charge is 2.87. The first-order chi connectivity index (χ1) is 16.5. The summed E-state index contributed by atoms with van der Waals surface area (Å²) in [6.45, 7) is 10.7. The normalized spacial score (nSPS) is 53.7. The van der Waals surface area contributed by atoms with Crippen molar-refractivity contribution in [2.45, 2.75) is 127 Å². The maximum Gasteiger partial charge on any atom is 0.330 e. The summed E-state index contributed by atoms with van der Waals surface area (Å²) in [7, 11) is 0. The summed E-state index contributed by atoms with van der Waals surface area (Å²) < 4.78 is 12.3. The van der Waals surface area contributed by atoms with Crippen LogP contribution in [-0.4, -0.2) is 72.9 Å². The molecule has 10 atom stereocenters. The molecule has 0 amide bonds. The molecular formula is C28H42O8. The van der Waals surface area contributed by atoms with Gasteiger partial charge in [-0.05, 0) is 58.8 Å². The molecule has 0 radical (unpaired) electrons. The average Bonchev–Trinajstić information content (AvgIpc) is 3.41. The number of hydrogen-bond donors (Lipinski definition) is 4. The highest BCUT2D eigenvalue weighted by Crippen LogP contribution is 2.76. The van der Waals surface area contributed by atoms with Gasteiger partial charge in [0.05, 0.1) is 17.6 Å². The molecule has 4 aliphatic carbocycles. The van der Waals surface area contributed by atoms with Crippen LogP contribution in [0.5, 0.6) is 0 Å². The molecule has 202 valence electrons. The van der Waals surface area contributed by atoms with Crippen LogP contribution in [0.3, 0.4) is 0 Å². The number of epoxide rings is 1. The van der Waals surface area contributed by atoms with Crippen LogP contribution in [0.1, 0.15) is 86.5 Å². The Kier molecular flexibility index (Phi) is 5.57. The van der Waals surface area contributed by atoms with E-state index in [9.17, 15) is 30.0 Å². The Balaban J connectivity index is 1.63. The summed E-state index contributed by atoms with van der Waals surface area (Å²) in [6, 6.07) is 0. The maximum absolute atomic E-state index is 13.1. The summed E-state index contributed by atoms with van der Waals surface area (Å²) in [5.41, 5.74) is -7.47. The van der Waals surface area contributed by atoms with Crippen molar-refractivity contribution in [2.75, 3.05) is 0 Å². The third-order valence-corrected chi connectivity index (χ3v) is 11.6. The SMILES string of the molecule is CC(=O)[C@]1(O)CC[C@@]2(O)[C@]1(C)[C@H](OC(=O)C=C(C)C(C)C)C[C@@H]1[C@@]3(C)CC[C@H](O)C[C@@]34O[C@H]4C[C@]12O. The number of ether oxygens (including phenoxy) is 2. The number of aliphatic hydroxyl groups is 4. The number of rotatable bonds is 4. The van der Waals surface area contributed by atoms with E-state index in [1.807, 2.05) is 27.7 Å². The molecule has 0 bridgehead atoms. The molecule has 0 aromatic heterocycles. The Hall–Kier alpha value is -1.32.